The molecule has 0 radical (unpaired) electrons. The molecule has 1 heterocycles. The molecule has 22 heavy (non-hydrogen) atoms. The number of carbonyl (C=O) groups is 3. The molecule has 7 nitrogen and oxygen atoms in total. The Morgan fingerprint density at radius 1 is 1.09 bits per heavy atom. The number of ether oxygens (including phenoxy) is 1. The molecule has 0 saturated heterocycles. The Bertz CT molecular complexity index is 460. The molecule has 7 heteroatoms. The van der Waals surface area contributed by atoms with Gasteiger partial charge in [0.25, 0.3) is 11.8 Å². The minimum atomic E-state index is -1.52. The van der Waals surface area contributed by atoms with E-state index in [9.17, 15) is 14.4 Å². The van der Waals surface area contributed by atoms with Crippen molar-refractivity contribution in [1.82, 2.24) is 4.90 Å². The van der Waals surface area contributed by atoms with Gasteiger partial charge in [0.15, 0.2) is 5.66 Å². The maximum Gasteiger partial charge on any atom is 0.341 e. The SMILES string of the molecule is CC(C)(C)OC(=O)C(N)(N)CCCCCN1C(=O)C=CC1=O. The zero-order valence-electron chi connectivity index (χ0n) is 13.4. The molecular formula is C15H25N3O4. The Hall–Kier alpha value is -1.73. The first-order valence-electron chi connectivity index (χ1n) is 7.38. The number of imide groups is 1. The minimum absolute atomic E-state index is 0.280. The van der Waals surface area contributed by atoms with Gasteiger partial charge in [0, 0.05) is 18.7 Å². The van der Waals surface area contributed by atoms with Crippen LogP contribution in [-0.4, -0.2) is 40.5 Å². The standard InChI is InChI=1S/C15H25N3O4/c1-14(2,3)22-13(21)15(16,17)9-5-4-6-10-18-11(19)7-8-12(18)20/h7-8H,4-6,9-10,16-17H2,1-3H3. The Kier molecular flexibility index (Phi) is 5.85. The minimum Gasteiger partial charge on any atom is -0.458 e. The summed E-state index contributed by atoms with van der Waals surface area (Å²) in [5, 5.41) is 0. The number of hydrogen-bond acceptors (Lipinski definition) is 6. The normalized spacial score (nSPS) is 15.6. The van der Waals surface area contributed by atoms with Crippen molar-refractivity contribution in [1.29, 1.82) is 0 Å². The van der Waals surface area contributed by atoms with E-state index in [1.165, 1.54) is 17.1 Å². The molecule has 0 aromatic rings. The number of carbonyl (C=O) groups excluding carboxylic acids is 3. The highest BCUT2D eigenvalue weighted by atomic mass is 16.6. The van der Waals surface area contributed by atoms with E-state index in [1.54, 1.807) is 20.8 Å². The number of hydrogen-bond donors (Lipinski definition) is 2. The monoisotopic (exact) mass is 311 g/mol. The Balaban J connectivity index is 2.27. The number of unbranched alkanes of at least 4 members (excludes halogenated alkanes) is 2. The maximum atomic E-state index is 11.9. The van der Waals surface area contributed by atoms with Crippen LogP contribution in [0.2, 0.25) is 0 Å². The van der Waals surface area contributed by atoms with E-state index in [-0.39, 0.29) is 18.2 Å². The van der Waals surface area contributed by atoms with Gasteiger partial charge < -0.3 is 16.2 Å². The predicted octanol–water partition coefficient (Wildman–Crippen LogP) is 0.427. The first-order chi connectivity index (χ1) is 10.0. The van der Waals surface area contributed by atoms with Crippen LogP contribution in [0, 0.1) is 0 Å². The van der Waals surface area contributed by atoms with Gasteiger partial charge in [-0.25, -0.2) is 4.79 Å². The second kappa shape index (κ2) is 7.02. The van der Waals surface area contributed by atoms with E-state index in [4.69, 9.17) is 16.2 Å². The van der Waals surface area contributed by atoms with Crippen LogP contribution < -0.4 is 11.5 Å². The van der Waals surface area contributed by atoms with E-state index in [0.717, 1.165) is 0 Å². The van der Waals surface area contributed by atoms with E-state index in [1.807, 2.05) is 0 Å². The summed E-state index contributed by atoms with van der Waals surface area (Å²) in [6.45, 7) is 5.61. The molecule has 0 fully saturated rings. The lowest BCUT2D eigenvalue weighted by Gasteiger charge is -2.28. The summed E-state index contributed by atoms with van der Waals surface area (Å²) in [5.41, 5.74) is 9.43. The Morgan fingerprint density at radius 2 is 1.64 bits per heavy atom. The zero-order chi connectivity index (χ0) is 17.0. The van der Waals surface area contributed by atoms with Gasteiger partial charge in [0.05, 0.1) is 0 Å². The second-order valence-electron chi connectivity index (χ2n) is 6.51. The topological polar surface area (TPSA) is 116 Å². The molecule has 124 valence electrons. The molecule has 0 saturated carbocycles. The number of nitrogens with zero attached hydrogens (tertiary/aromatic N) is 1. The van der Waals surface area contributed by atoms with Gasteiger partial charge in [0.1, 0.15) is 5.60 Å². The van der Waals surface area contributed by atoms with Gasteiger partial charge in [-0.2, -0.15) is 0 Å². The summed E-state index contributed by atoms with van der Waals surface area (Å²) >= 11 is 0. The smallest absolute Gasteiger partial charge is 0.341 e. The average molecular weight is 311 g/mol. The van der Waals surface area contributed by atoms with Gasteiger partial charge in [-0.05, 0) is 40.0 Å². The van der Waals surface area contributed by atoms with Gasteiger partial charge in [-0.1, -0.05) is 6.42 Å². The van der Waals surface area contributed by atoms with E-state index in [0.29, 0.717) is 25.8 Å². The van der Waals surface area contributed by atoms with Crippen molar-refractivity contribution in [3.63, 3.8) is 0 Å². The predicted molar refractivity (Wildman–Crippen MR) is 81.3 cm³/mol. The van der Waals surface area contributed by atoms with Crippen molar-refractivity contribution in [3.05, 3.63) is 12.2 Å². The van der Waals surface area contributed by atoms with Crippen LogP contribution in [0.25, 0.3) is 0 Å². The summed E-state index contributed by atoms with van der Waals surface area (Å²) in [4.78, 5) is 35.7. The van der Waals surface area contributed by atoms with Gasteiger partial charge in [-0.15, -0.1) is 0 Å². The van der Waals surface area contributed by atoms with Crippen molar-refractivity contribution >= 4 is 17.8 Å². The summed E-state index contributed by atoms with van der Waals surface area (Å²) < 4.78 is 5.17. The molecule has 0 aliphatic carbocycles. The lowest BCUT2D eigenvalue weighted by Crippen LogP contribution is -2.58. The lowest BCUT2D eigenvalue weighted by molar-refractivity contribution is -0.161. The summed E-state index contributed by atoms with van der Waals surface area (Å²) in [5.74, 6) is -1.20. The number of amides is 2. The molecule has 1 aliphatic rings. The van der Waals surface area contributed by atoms with Crippen LogP contribution in [0.5, 0.6) is 0 Å². The Labute approximate surface area is 130 Å². The van der Waals surface area contributed by atoms with Crippen molar-refractivity contribution in [2.24, 2.45) is 11.5 Å². The zero-order valence-corrected chi connectivity index (χ0v) is 13.4. The van der Waals surface area contributed by atoms with Crippen molar-refractivity contribution in [3.8, 4) is 0 Å². The van der Waals surface area contributed by atoms with E-state index < -0.39 is 17.2 Å². The van der Waals surface area contributed by atoms with E-state index in [2.05, 4.69) is 0 Å². The molecule has 1 rings (SSSR count). The highest BCUT2D eigenvalue weighted by molar-refractivity contribution is 6.12. The van der Waals surface area contributed by atoms with Crippen LogP contribution in [0.4, 0.5) is 0 Å². The third kappa shape index (κ3) is 5.57. The number of rotatable bonds is 7. The van der Waals surface area contributed by atoms with E-state index >= 15 is 0 Å². The third-order valence-corrected chi connectivity index (χ3v) is 3.15. The highest BCUT2D eigenvalue weighted by Gasteiger charge is 2.33. The first-order valence-corrected chi connectivity index (χ1v) is 7.38. The first kappa shape index (κ1) is 18.3. The molecule has 0 unspecified atom stereocenters. The number of esters is 1. The quantitative estimate of drug-likeness (QED) is 0.305. The molecule has 0 atom stereocenters. The van der Waals surface area contributed by atoms with Crippen molar-refractivity contribution in [2.75, 3.05) is 6.54 Å². The summed E-state index contributed by atoms with van der Waals surface area (Å²) in [7, 11) is 0. The van der Waals surface area contributed by atoms with Crippen LogP contribution in [0.1, 0.15) is 46.5 Å². The van der Waals surface area contributed by atoms with Crippen LogP contribution in [-0.2, 0) is 19.1 Å². The maximum absolute atomic E-state index is 11.9. The van der Waals surface area contributed by atoms with Crippen LogP contribution in [0.15, 0.2) is 12.2 Å². The molecule has 2 amide bonds. The molecule has 4 N–H and O–H groups in total. The van der Waals surface area contributed by atoms with Crippen molar-refractivity contribution < 1.29 is 19.1 Å². The molecule has 0 aromatic carbocycles. The molecular weight excluding hydrogens is 286 g/mol. The van der Waals surface area contributed by atoms with Gasteiger partial charge >= 0.3 is 5.97 Å². The fourth-order valence-electron chi connectivity index (χ4n) is 1.99. The number of nitrogens with two attached hydrogens (primary N) is 2. The van der Waals surface area contributed by atoms with Gasteiger partial charge in [0.2, 0.25) is 0 Å². The largest absolute Gasteiger partial charge is 0.458 e. The second-order valence-corrected chi connectivity index (χ2v) is 6.51. The van der Waals surface area contributed by atoms with Crippen molar-refractivity contribution in [2.45, 2.75) is 57.7 Å². The van der Waals surface area contributed by atoms with Crippen LogP contribution >= 0.6 is 0 Å². The molecule has 1 aliphatic heterocycles. The average Bonchev–Trinajstić information content (AvgIpc) is 2.67. The molecule has 0 aromatic heterocycles. The van der Waals surface area contributed by atoms with Gasteiger partial charge in [-0.3, -0.25) is 14.5 Å². The molecule has 0 spiro atoms. The Morgan fingerprint density at radius 3 is 2.14 bits per heavy atom. The third-order valence-electron chi connectivity index (χ3n) is 3.15. The highest BCUT2D eigenvalue weighted by Crippen LogP contribution is 2.15. The summed E-state index contributed by atoms with van der Waals surface area (Å²) in [6, 6.07) is 0. The fraction of sp³-hybridized carbons (Fsp3) is 0.667. The molecule has 0 bridgehead atoms. The fourth-order valence-corrected chi connectivity index (χ4v) is 1.99. The van der Waals surface area contributed by atoms with Crippen LogP contribution in [0.3, 0.4) is 0 Å². The summed E-state index contributed by atoms with van der Waals surface area (Å²) in [6.07, 6.45) is 4.75. The lowest BCUT2D eigenvalue weighted by atomic mass is 10.0.